The van der Waals surface area contributed by atoms with Crippen molar-refractivity contribution in [1.82, 2.24) is 0 Å². The summed E-state index contributed by atoms with van der Waals surface area (Å²) >= 11 is 12.5. The van der Waals surface area contributed by atoms with Crippen molar-refractivity contribution >= 4 is 23.2 Å². The van der Waals surface area contributed by atoms with Crippen LogP contribution in [0.2, 0.25) is 5.02 Å². The van der Waals surface area contributed by atoms with E-state index in [0.29, 0.717) is 10.6 Å². The molecule has 1 unspecified atom stereocenters. The summed E-state index contributed by atoms with van der Waals surface area (Å²) in [6.07, 6.45) is 0.810. The van der Waals surface area contributed by atoms with Crippen LogP contribution < -0.4 is 4.74 Å². The molecule has 110 valence electrons. The fourth-order valence-electron chi connectivity index (χ4n) is 2.71. The monoisotopic (exact) mass is 324 g/mol. The van der Waals surface area contributed by atoms with Crippen molar-refractivity contribution in [1.29, 1.82) is 0 Å². The fourth-order valence-corrected chi connectivity index (χ4v) is 3.39. The van der Waals surface area contributed by atoms with Crippen LogP contribution in [0.25, 0.3) is 0 Å². The van der Waals surface area contributed by atoms with E-state index in [9.17, 15) is 4.39 Å². The summed E-state index contributed by atoms with van der Waals surface area (Å²) in [5.41, 5.74) is 2.02. The van der Waals surface area contributed by atoms with Crippen LogP contribution in [-0.4, -0.2) is 5.60 Å². The molecule has 4 heteroatoms. The highest BCUT2D eigenvalue weighted by atomic mass is 35.5. The Bertz CT molecular complexity index is 677. The van der Waals surface area contributed by atoms with E-state index >= 15 is 0 Å². The van der Waals surface area contributed by atoms with Crippen LogP contribution in [0.3, 0.4) is 0 Å². The quantitative estimate of drug-likeness (QED) is 0.661. The number of rotatable bonds is 2. The molecule has 0 bridgehead atoms. The summed E-state index contributed by atoms with van der Waals surface area (Å²) in [5.74, 6) is 0.479. The number of halogens is 3. The molecular weight excluding hydrogens is 310 g/mol. The Morgan fingerprint density at radius 3 is 2.71 bits per heavy atom. The van der Waals surface area contributed by atoms with E-state index in [1.165, 1.54) is 6.07 Å². The van der Waals surface area contributed by atoms with Gasteiger partial charge in [-0.05, 0) is 43.2 Å². The van der Waals surface area contributed by atoms with Crippen LogP contribution in [0, 0.1) is 5.82 Å². The Hall–Kier alpha value is -1.25. The topological polar surface area (TPSA) is 9.23 Å². The summed E-state index contributed by atoms with van der Waals surface area (Å²) in [5, 5.41) is -0.278. The summed E-state index contributed by atoms with van der Waals surface area (Å²) in [7, 11) is 0. The molecule has 0 saturated carbocycles. The molecule has 1 atom stereocenters. The molecule has 21 heavy (non-hydrogen) atoms. The lowest BCUT2D eigenvalue weighted by Crippen LogP contribution is -2.24. The molecule has 1 heterocycles. The lowest BCUT2D eigenvalue weighted by Gasteiger charge is -2.16. The molecule has 0 saturated heterocycles. The minimum Gasteiger partial charge on any atom is -0.487 e. The van der Waals surface area contributed by atoms with Crippen LogP contribution in [0.15, 0.2) is 36.4 Å². The van der Waals surface area contributed by atoms with Crippen LogP contribution >= 0.6 is 23.2 Å². The standard InChI is InChI=1S/C17H15Cl2FO/c1-17(2)9-11-8-10(6-7-14(11)21-17)16(19)15-12(18)4-3-5-13(15)20/h3-8,16H,9H2,1-2H3. The van der Waals surface area contributed by atoms with Gasteiger partial charge in [0.1, 0.15) is 17.2 Å². The molecule has 3 rings (SSSR count). The number of hydrogen-bond acceptors (Lipinski definition) is 1. The molecule has 0 spiro atoms. The highest BCUT2D eigenvalue weighted by Gasteiger charge is 2.31. The van der Waals surface area contributed by atoms with E-state index in [1.54, 1.807) is 12.1 Å². The Labute approximate surface area is 133 Å². The van der Waals surface area contributed by atoms with Crippen molar-refractivity contribution in [3.8, 4) is 5.75 Å². The second-order valence-corrected chi connectivity index (χ2v) is 6.75. The van der Waals surface area contributed by atoms with Gasteiger partial charge in [0.15, 0.2) is 0 Å². The Kier molecular flexibility index (Phi) is 3.62. The predicted octanol–water partition coefficient (Wildman–Crippen LogP) is 5.52. The number of benzene rings is 2. The molecular formula is C17H15Cl2FO. The third kappa shape index (κ3) is 2.75. The van der Waals surface area contributed by atoms with Gasteiger partial charge in [-0.3, -0.25) is 0 Å². The molecule has 0 amide bonds. The largest absolute Gasteiger partial charge is 0.487 e. The first kappa shape index (κ1) is 14.7. The third-order valence-corrected chi connectivity index (χ3v) is 4.43. The van der Waals surface area contributed by atoms with E-state index in [0.717, 1.165) is 23.3 Å². The van der Waals surface area contributed by atoms with Gasteiger partial charge >= 0.3 is 0 Å². The molecule has 0 fully saturated rings. The van der Waals surface area contributed by atoms with Gasteiger partial charge in [-0.1, -0.05) is 29.8 Å². The van der Waals surface area contributed by atoms with Crippen molar-refractivity contribution in [2.45, 2.75) is 31.2 Å². The highest BCUT2D eigenvalue weighted by Crippen LogP contribution is 2.40. The van der Waals surface area contributed by atoms with Gasteiger partial charge in [0, 0.05) is 17.0 Å². The van der Waals surface area contributed by atoms with Crippen molar-refractivity contribution in [3.05, 3.63) is 63.9 Å². The van der Waals surface area contributed by atoms with Crippen LogP contribution in [-0.2, 0) is 6.42 Å². The lowest BCUT2D eigenvalue weighted by molar-refractivity contribution is 0.138. The molecule has 1 nitrogen and oxygen atoms in total. The van der Waals surface area contributed by atoms with Gasteiger partial charge in [0.05, 0.1) is 5.38 Å². The van der Waals surface area contributed by atoms with Gasteiger partial charge < -0.3 is 4.74 Å². The highest BCUT2D eigenvalue weighted by molar-refractivity contribution is 6.33. The molecule has 2 aromatic rings. The second kappa shape index (κ2) is 5.19. The zero-order chi connectivity index (χ0) is 15.2. The van der Waals surface area contributed by atoms with E-state index in [2.05, 4.69) is 0 Å². The first-order valence-corrected chi connectivity index (χ1v) is 7.59. The second-order valence-electron chi connectivity index (χ2n) is 5.90. The van der Waals surface area contributed by atoms with Gasteiger partial charge in [0.25, 0.3) is 0 Å². The minimum atomic E-state index is -0.618. The maximum atomic E-state index is 14.0. The summed E-state index contributed by atoms with van der Waals surface area (Å²) in [6.45, 7) is 4.08. The van der Waals surface area contributed by atoms with E-state index in [1.807, 2.05) is 32.0 Å². The average Bonchev–Trinajstić information content (AvgIpc) is 2.70. The zero-order valence-electron chi connectivity index (χ0n) is 11.8. The zero-order valence-corrected chi connectivity index (χ0v) is 13.3. The summed E-state index contributed by atoms with van der Waals surface area (Å²) < 4.78 is 19.8. The van der Waals surface area contributed by atoms with Crippen LogP contribution in [0.1, 0.15) is 35.9 Å². The summed E-state index contributed by atoms with van der Waals surface area (Å²) in [6, 6.07) is 10.3. The van der Waals surface area contributed by atoms with Crippen molar-refractivity contribution < 1.29 is 9.13 Å². The molecule has 0 N–H and O–H groups in total. The van der Waals surface area contributed by atoms with E-state index in [4.69, 9.17) is 27.9 Å². The van der Waals surface area contributed by atoms with Gasteiger partial charge in [0.2, 0.25) is 0 Å². The minimum absolute atomic E-state index is 0.210. The normalized spacial score (nSPS) is 17.2. The maximum absolute atomic E-state index is 14.0. The number of fused-ring (bicyclic) bond motifs is 1. The number of hydrogen-bond donors (Lipinski definition) is 0. The van der Waals surface area contributed by atoms with Gasteiger partial charge in [-0.2, -0.15) is 0 Å². The first-order valence-electron chi connectivity index (χ1n) is 6.77. The van der Waals surface area contributed by atoms with E-state index < -0.39 is 5.38 Å². The third-order valence-electron chi connectivity index (χ3n) is 3.63. The predicted molar refractivity (Wildman–Crippen MR) is 84.0 cm³/mol. The molecule has 0 radical (unpaired) electrons. The fraction of sp³-hybridized carbons (Fsp3) is 0.294. The van der Waals surface area contributed by atoms with Crippen molar-refractivity contribution in [2.24, 2.45) is 0 Å². The average molecular weight is 325 g/mol. The molecule has 1 aliphatic rings. The Morgan fingerprint density at radius 2 is 2.00 bits per heavy atom. The van der Waals surface area contributed by atoms with Crippen molar-refractivity contribution in [2.75, 3.05) is 0 Å². The first-order chi connectivity index (χ1) is 9.87. The Balaban J connectivity index is 1.99. The molecule has 1 aliphatic heterocycles. The smallest absolute Gasteiger partial charge is 0.129 e. The maximum Gasteiger partial charge on any atom is 0.129 e. The lowest BCUT2D eigenvalue weighted by atomic mass is 9.97. The number of ether oxygens (including phenoxy) is 1. The molecule has 2 aromatic carbocycles. The Morgan fingerprint density at radius 1 is 1.24 bits per heavy atom. The molecule has 0 aromatic heterocycles. The number of alkyl halides is 1. The van der Waals surface area contributed by atoms with Crippen LogP contribution in [0.5, 0.6) is 5.75 Å². The van der Waals surface area contributed by atoms with Crippen LogP contribution in [0.4, 0.5) is 4.39 Å². The SMILES string of the molecule is CC1(C)Cc2cc(C(Cl)c3c(F)cccc3Cl)ccc2O1. The summed E-state index contributed by atoms with van der Waals surface area (Å²) in [4.78, 5) is 0. The van der Waals surface area contributed by atoms with Gasteiger partial charge in [-0.25, -0.2) is 4.39 Å². The van der Waals surface area contributed by atoms with E-state index in [-0.39, 0.29) is 11.4 Å². The molecule has 0 aliphatic carbocycles. The van der Waals surface area contributed by atoms with Gasteiger partial charge in [-0.15, -0.1) is 11.6 Å². The van der Waals surface area contributed by atoms with Crippen molar-refractivity contribution in [3.63, 3.8) is 0 Å².